The van der Waals surface area contributed by atoms with Crippen LogP contribution in [0.5, 0.6) is 0 Å². The van der Waals surface area contributed by atoms with Crippen LogP contribution in [0.1, 0.15) is 52.0 Å². The lowest BCUT2D eigenvalue weighted by atomic mass is 10.0. The van der Waals surface area contributed by atoms with Crippen molar-refractivity contribution in [2.24, 2.45) is 0 Å². The van der Waals surface area contributed by atoms with Gasteiger partial charge in [0.1, 0.15) is 12.7 Å². The van der Waals surface area contributed by atoms with Gasteiger partial charge in [-0.2, -0.15) is 0 Å². The molecule has 1 amide bonds. The normalized spacial score (nSPS) is 19.8. The Morgan fingerprint density at radius 3 is 1.94 bits per heavy atom. The van der Waals surface area contributed by atoms with Gasteiger partial charge in [0, 0.05) is 40.2 Å². The number of hydrogen-bond donors (Lipinski definition) is 0. The highest BCUT2D eigenvalue weighted by Crippen LogP contribution is 2.34. The number of ether oxygens (including phenoxy) is 5. The van der Waals surface area contributed by atoms with Crippen LogP contribution in [-0.2, 0) is 47.7 Å². The summed E-state index contributed by atoms with van der Waals surface area (Å²) in [6, 6.07) is 7.35. The number of carbonyl (C=O) groups is 5. The van der Waals surface area contributed by atoms with Crippen molar-refractivity contribution in [2.75, 3.05) is 13.2 Å². The molecular weight excluding hydrogens is 462 g/mol. The van der Waals surface area contributed by atoms with Crippen LogP contribution in [0.2, 0.25) is 0 Å². The van der Waals surface area contributed by atoms with Crippen molar-refractivity contribution in [3.63, 3.8) is 0 Å². The molecule has 0 aliphatic carbocycles. The zero-order valence-electron chi connectivity index (χ0n) is 20.6. The Kier molecular flexibility index (Phi) is 9.76. The van der Waals surface area contributed by atoms with Crippen molar-refractivity contribution in [1.82, 2.24) is 4.90 Å². The highest BCUT2D eigenvalue weighted by Gasteiger charge is 2.48. The molecule has 0 radical (unpaired) electrons. The van der Waals surface area contributed by atoms with Crippen LogP contribution in [0.15, 0.2) is 24.3 Å². The van der Waals surface area contributed by atoms with Crippen molar-refractivity contribution in [1.29, 1.82) is 0 Å². The Hall–Kier alpha value is -3.47. The predicted octanol–water partition coefficient (Wildman–Crippen LogP) is 1.60. The van der Waals surface area contributed by atoms with Gasteiger partial charge in [-0.3, -0.25) is 24.0 Å². The molecule has 0 aromatic heterocycles. The Bertz CT molecular complexity index is 944. The monoisotopic (exact) mass is 493 g/mol. The van der Waals surface area contributed by atoms with Gasteiger partial charge in [0.15, 0.2) is 24.5 Å². The van der Waals surface area contributed by atoms with Crippen molar-refractivity contribution in [3.8, 4) is 0 Å². The van der Waals surface area contributed by atoms with Gasteiger partial charge in [-0.05, 0) is 6.92 Å². The summed E-state index contributed by atoms with van der Waals surface area (Å²) in [6.45, 7) is 7.39. The van der Waals surface area contributed by atoms with E-state index >= 15 is 0 Å². The predicted molar refractivity (Wildman–Crippen MR) is 119 cm³/mol. The van der Waals surface area contributed by atoms with Crippen LogP contribution in [0.4, 0.5) is 0 Å². The molecule has 1 heterocycles. The largest absolute Gasteiger partial charge is 0.462 e. The van der Waals surface area contributed by atoms with Crippen molar-refractivity contribution < 1.29 is 47.7 Å². The average molecular weight is 494 g/mol. The second-order valence-electron chi connectivity index (χ2n) is 8.21. The molecule has 2 rings (SSSR count). The molecule has 192 valence electrons. The first-order valence-corrected chi connectivity index (χ1v) is 11.0. The summed E-state index contributed by atoms with van der Waals surface area (Å²) in [5.41, 5.74) is 1.70. The van der Waals surface area contributed by atoms with Crippen molar-refractivity contribution >= 4 is 29.8 Å². The Labute approximate surface area is 203 Å². The first kappa shape index (κ1) is 27.8. The minimum atomic E-state index is -1.39. The fourth-order valence-corrected chi connectivity index (χ4v) is 3.74. The van der Waals surface area contributed by atoms with Crippen LogP contribution in [0, 0.1) is 6.92 Å². The molecule has 11 heteroatoms. The number of amides is 1. The molecule has 5 atom stereocenters. The van der Waals surface area contributed by atoms with E-state index in [-0.39, 0.29) is 12.5 Å². The number of carbonyl (C=O) groups excluding carboxylic acids is 5. The minimum Gasteiger partial charge on any atom is -0.462 e. The van der Waals surface area contributed by atoms with Gasteiger partial charge in [0.2, 0.25) is 5.91 Å². The van der Waals surface area contributed by atoms with E-state index in [2.05, 4.69) is 0 Å². The summed E-state index contributed by atoms with van der Waals surface area (Å²) < 4.78 is 27.3. The molecule has 0 saturated carbocycles. The molecule has 1 aliphatic rings. The summed E-state index contributed by atoms with van der Waals surface area (Å²) in [7, 11) is 0. The quantitative estimate of drug-likeness (QED) is 0.369. The van der Waals surface area contributed by atoms with E-state index in [4.69, 9.17) is 23.7 Å². The summed E-state index contributed by atoms with van der Waals surface area (Å²) >= 11 is 0. The first-order valence-electron chi connectivity index (χ1n) is 11.0. The van der Waals surface area contributed by atoms with Crippen LogP contribution in [0.25, 0.3) is 0 Å². The highest BCUT2D eigenvalue weighted by atomic mass is 16.6. The van der Waals surface area contributed by atoms with E-state index in [1.54, 1.807) is 0 Å². The van der Waals surface area contributed by atoms with Gasteiger partial charge >= 0.3 is 23.9 Å². The molecule has 1 aliphatic heterocycles. The average Bonchev–Trinajstić information content (AvgIpc) is 3.19. The Balaban J connectivity index is 2.47. The lowest BCUT2D eigenvalue weighted by molar-refractivity contribution is -0.200. The van der Waals surface area contributed by atoms with E-state index in [0.29, 0.717) is 5.56 Å². The molecule has 35 heavy (non-hydrogen) atoms. The lowest BCUT2D eigenvalue weighted by Crippen LogP contribution is -2.53. The SMILES string of the molecule is CC(=O)OC[C@@H](OC(C)=O)[C@@H](OC(C)=O)[C@H](OC(C)=O)[C@@H]1CN(C(C)=O)[C@@H](c2ccc(C)cc2)O1. The molecule has 0 N–H and O–H groups in total. The third-order valence-corrected chi connectivity index (χ3v) is 5.16. The number of rotatable bonds is 9. The number of hydrogen-bond acceptors (Lipinski definition) is 10. The molecule has 0 bridgehead atoms. The van der Waals surface area contributed by atoms with Gasteiger partial charge in [-0.15, -0.1) is 0 Å². The number of benzene rings is 1. The summed E-state index contributed by atoms with van der Waals surface area (Å²) in [4.78, 5) is 61.0. The molecule has 1 saturated heterocycles. The van der Waals surface area contributed by atoms with Gasteiger partial charge < -0.3 is 28.6 Å². The zero-order chi connectivity index (χ0) is 26.3. The Morgan fingerprint density at radius 2 is 1.46 bits per heavy atom. The summed E-state index contributed by atoms with van der Waals surface area (Å²) in [5, 5.41) is 0. The van der Waals surface area contributed by atoms with Crippen LogP contribution in [-0.4, -0.2) is 72.3 Å². The maximum absolute atomic E-state index is 12.4. The minimum absolute atomic E-state index is 0.00998. The van der Waals surface area contributed by atoms with Gasteiger partial charge in [-0.1, -0.05) is 29.8 Å². The third kappa shape index (κ3) is 8.06. The van der Waals surface area contributed by atoms with Crippen LogP contribution in [0.3, 0.4) is 0 Å². The third-order valence-electron chi connectivity index (χ3n) is 5.16. The van der Waals surface area contributed by atoms with E-state index < -0.39 is 61.1 Å². The maximum Gasteiger partial charge on any atom is 0.303 e. The van der Waals surface area contributed by atoms with Crippen molar-refractivity contribution in [2.45, 2.75) is 72.2 Å². The molecular formula is C24H31NO10. The first-order chi connectivity index (χ1) is 16.4. The van der Waals surface area contributed by atoms with Gasteiger partial charge in [0.05, 0.1) is 6.54 Å². The standard InChI is InChI=1S/C24H31NO10/c1-13-7-9-19(10-8-13)24-25(14(2)26)11-20(35-24)22(33-17(5)29)23(34-18(6)30)21(32-16(4)28)12-31-15(3)27/h7-10,20-24H,11-12H2,1-6H3/t20-,21+,22+,23+,24+/m0/s1. The molecule has 0 spiro atoms. The van der Waals surface area contributed by atoms with E-state index in [9.17, 15) is 24.0 Å². The Morgan fingerprint density at radius 1 is 0.886 bits per heavy atom. The number of aryl methyl sites for hydroxylation is 1. The topological polar surface area (TPSA) is 135 Å². The number of nitrogens with zero attached hydrogens (tertiary/aromatic N) is 1. The van der Waals surface area contributed by atoms with Crippen LogP contribution >= 0.6 is 0 Å². The molecule has 0 unspecified atom stereocenters. The van der Waals surface area contributed by atoms with Crippen LogP contribution < -0.4 is 0 Å². The smallest absolute Gasteiger partial charge is 0.303 e. The maximum atomic E-state index is 12.4. The molecule has 11 nitrogen and oxygen atoms in total. The van der Waals surface area contributed by atoms with Crippen molar-refractivity contribution in [3.05, 3.63) is 35.4 Å². The second kappa shape index (κ2) is 12.3. The fourth-order valence-electron chi connectivity index (χ4n) is 3.74. The highest BCUT2D eigenvalue weighted by molar-refractivity contribution is 5.74. The second-order valence-corrected chi connectivity index (χ2v) is 8.21. The van der Waals surface area contributed by atoms with E-state index in [1.807, 2.05) is 31.2 Å². The number of esters is 4. The lowest BCUT2D eigenvalue weighted by Gasteiger charge is -2.34. The van der Waals surface area contributed by atoms with Gasteiger partial charge in [-0.25, -0.2) is 0 Å². The summed E-state index contributed by atoms with van der Waals surface area (Å²) in [5.74, 6) is -3.18. The van der Waals surface area contributed by atoms with E-state index in [0.717, 1.165) is 33.3 Å². The molecule has 1 aromatic carbocycles. The van der Waals surface area contributed by atoms with Gasteiger partial charge in [0.25, 0.3) is 0 Å². The fraction of sp³-hybridized carbons (Fsp3) is 0.542. The summed E-state index contributed by atoms with van der Waals surface area (Å²) in [6.07, 6.45) is -5.76. The molecule has 1 aromatic rings. The zero-order valence-corrected chi connectivity index (χ0v) is 20.6. The molecule has 1 fully saturated rings. The van der Waals surface area contributed by atoms with E-state index in [1.165, 1.54) is 11.8 Å².